The summed E-state index contributed by atoms with van der Waals surface area (Å²) >= 11 is 5.71. The minimum absolute atomic E-state index is 0.205. The molecule has 4 nitrogen and oxygen atoms in total. The van der Waals surface area contributed by atoms with Crippen LogP contribution in [0.5, 0.6) is 0 Å². The molecule has 1 aromatic rings. The van der Waals surface area contributed by atoms with Crippen LogP contribution in [0, 0.1) is 0 Å². The summed E-state index contributed by atoms with van der Waals surface area (Å²) in [4.78, 5) is 10.5. The van der Waals surface area contributed by atoms with Crippen molar-refractivity contribution in [1.29, 1.82) is 0 Å². The van der Waals surface area contributed by atoms with Gasteiger partial charge in [0, 0.05) is 11.1 Å². The number of carboxylic acids is 1. The Morgan fingerprint density at radius 2 is 1.87 bits per heavy atom. The molecule has 0 bridgehead atoms. The highest BCUT2D eigenvalue weighted by molar-refractivity contribution is 6.30. The van der Waals surface area contributed by atoms with Crippen LogP contribution in [0.4, 0.5) is 0 Å². The minimum atomic E-state index is -1.04. The first-order valence-corrected chi connectivity index (χ1v) is 4.88. The van der Waals surface area contributed by atoms with Crippen molar-refractivity contribution in [3.63, 3.8) is 0 Å². The monoisotopic (exact) mass is 228 g/mol. The number of hydrogen-bond acceptors (Lipinski definition) is 3. The fourth-order valence-corrected chi connectivity index (χ4v) is 1.35. The maximum atomic E-state index is 10.5. The van der Waals surface area contributed by atoms with E-state index in [1.165, 1.54) is 0 Å². The van der Waals surface area contributed by atoms with E-state index in [-0.39, 0.29) is 12.5 Å². The van der Waals surface area contributed by atoms with Crippen molar-refractivity contribution in [3.05, 3.63) is 34.9 Å². The molecule has 0 aromatic heterocycles. The van der Waals surface area contributed by atoms with E-state index < -0.39 is 12.0 Å². The third kappa shape index (κ3) is 3.51. The number of aliphatic carboxylic acids is 1. The van der Waals surface area contributed by atoms with Gasteiger partial charge in [0.15, 0.2) is 0 Å². The molecule has 0 aliphatic heterocycles. The highest BCUT2D eigenvalue weighted by Gasteiger charge is 2.16. The van der Waals surface area contributed by atoms with Crippen LogP contribution in [0.2, 0.25) is 5.02 Å². The molecule has 0 spiro atoms. The Bertz CT molecular complexity index is 340. The molecular formula is C10H13ClN2O2. The fraction of sp³-hybridized carbons (Fsp3) is 0.300. The fourth-order valence-electron chi connectivity index (χ4n) is 1.22. The molecular weight excluding hydrogens is 216 g/mol. The summed E-state index contributed by atoms with van der Waals surface area (Å²) < 4.78 is 0. The Hall–Kier alpha value is -1.10. The number of nitrogens with two attached hydrogens (primary N) is 2. The van der Waals surface area contributed by atoms with Gasteiger partial charge in [-0.2, -0.15) is 0 Å². The molecule has 0 aliphatic rings. The lowest BCUT2D eigenvalue weighted by Gasteiger charge is -2.14. The molecule has 82 valence electrons. The van der Waals surface area contributed by atoms with Gasteiger partial charge in [0.1, 0.15) is 6.04 Å². The van der Waals surface area contributed by atoms with Crippen molar-refractivity contribution < 1.29 is 9.90 Å². The van der Waals surface area contributed by atoms with Crippen molar-refractivity contribution >= 4 is 17.6 Å². The molecule has 0 radical (unpaired) electrons. The van der Waals surface area contributed by atoms with Crippen LogP contribution in [-0.4, -0.2) is 17.1 Å². The number of carbonyl (C=O) groups is 1. The Kier molecular flexibility index (Phi) is 4.08. The van der Waals surface area contributed by atoms with E-state index in [0.29, 0.717) is 5.02 Å². The zero-order valence-corrected chi connectivity index (χ0v) is 8.82. The third-order valence-corrected chi connectivity index (χ3v) is 2.38. The topological polar surface area (TPSA) is 89.3 Å². The van der Waals surface area contributed by atoms with Gasteiger partial charge >= 0.3 is 5.97 Å². The normalized spacial score (nSPS) is 14.6. The van der Waals surface area contributed by atoms with Gasteiger partial charge in [0.05, 0.1) is 0 Å². The Balaban J connectivity index is 2.64. The molecule has 0 unspecified atom stereocenters. The van der Waals surface area contributed by atoms with Crippen molar-refractivity contribution in [2.24, 2.45) is 11.5 Å². The van der Waals surface area contributed by atoms with E-state index in [0.717, 1.165) is 5.56 Å². The number of benzene rings is 1. The molecule has 0 aliphatic carbocycles. The zero-order chi connectivity index (χ0) is 11.4. The van der Waals surface area contributed by atoms with Crippen molar-refractivity contribution in [2.75, 3.05) is 0 Å². The summed E-state index contributed by atoms with van der Waals surface area (Å²) in [5.74, 6) is -1.04. The minimum Gasteiger partial charge on any atom is -0.480 e. The van der Waals surface area contributed by atoms with Crippen molar-refractivity contribution in [3.8, 4) is 0 Å². The summed E-state index contributed by atoms with van der Waals surface area (Å²) in [7, 11) is 0. The first-order valence-electron chi connectivity index (χ1n) is 4.50. The van der Waals surface area contributed by atoms with E-state index in [4.69, 9.17) is 28.2 Å². The van der Waals surface area contributed by atoms with Gasteiger partial charge in [-0.15, -0.1) is 0 Å². The summed E-state index contributed by atoms with van der Waals surface area (Å²) in [6.07, 6.45) is 0.205. The summed E-state index contributed by atoms with van der Waals surface area (Å²) in [6, 6.07) is 5.64. The zero-order valence-electron chi connectivity index (χ0n) is 8.06. The van der Waals surface area contributed by atoms with Gasteiger partial charge in [0.2, 0.25) is 0 Å². The number of halogens is 1. The van der Waals surface area contributed by atoms with E-state index in [9.17, 15) is 4.79 Å². The van der Waals surface area contributed by atoms with Gasteiger partial charge in [-0.25, -0.2) is 0 Å². The van der Waals surface area contributed by atoms with E-state index in [1.807, 2.05) is 0 Å². The Morgan fingerprint density at radius 1 is 1.33 bits per heavy atom. The largest absolute Gasteiger partial charge is 0.480 e. The number of carboxylic acid groups (broad SMARTS) is 1. The predicted molar refractivity (Wildman–Crippen MR) is 58.6 cm³/mol. The van der Waals surface area contributed by atoms with E-state index >= 15 is 0 Å². The van der Waals surface area contributed by atoms with Crippen molar-refractivity contribution in [1.82, 2.24) is 0 Å². The molecule has 5 N–H and O–H groups in total. The van der Waals surface area contributed by atoms with Gasteiger partial charge < -0.3 is 16.6 Å². The van der Waals surface area contributed by atoms with Crippen LogP contribution >= 0.6 is 11.6 Å². The standard InChI is InChI=1S/C10H13ClN2O2/c11-7-3-1-6(2-4-7)8(12)5-9(13)10(14)15/h1-4,8-9H,5,12-13H2,(H,14,15)/t8-,9-/m0/s1. The summed E-state index contributed by atoms with van der Waals surface area (Å²) in [6.45, 7) is 0. The molecule has 1 rings (SSSR count). The van der Waals surface area contributed by atoms with Crippen LogP contribution in [0.3, 0.4) is 0 Å². The molecule has 0 saturated carbocycles. The van der Waals surface area contributed by atoms with Gasteiger partial charge in [-0.3, -0.25) is 4.79 Å². The van der Waals surface area contributed by atoms with Crippen LogP contribution < -0.4 is 11.5 Å². The molecule has 0 fully saturated rings. The first-order chi connectivity index (χ1) is 7.00. The highest BCUT2D eigenvalue weighted by Crippen LogP contribution is 2.17. The van der Waals surface area contributed by atoms with Crippen molar-refractivity contribution in [2.45, 2.75) is 18.5 Å². The lowest BCUT2D eigenvalue weighted by atomic mass is 10.0. The maximum Gasteiger partial charge on any atom is 0.320 e. The quantitative estimate of drug-likeness (QED) is 0.721. The Morgan fingerprint density at radius 3 is 2.33 bits per heavy atom. The highest BCUT2D eigenvalue weighted by atomic mass is 35.5. The maximum absolute atomic E-state index is 10.5. The summed E-state index contributed by atoms with van der Waals surface area (Å²) in [5, 5.41) is 9.24. The van der Waals surface area contributed by atoms with Gasteiger partial charge in [-0.05, 0) is 24.1 Å². The van der Waals surface area contributed by atoms with E-state index in [2.05, 4.69) is 0 Å². The van der Waals surface area contributed by atoms with Gasteiger partial charge in [-0.1, -0.05) is 23.7 Å². The first kappa shape index (κ1) is 12.0. The molecule has 1 aromatic carbocycles. The second kappa shape index (κ2) is 5.11. The molecule has 5 heteroatoms. The summed E-state index contributed by atoms with van der Waals surface area (Å²) in [5.41, 5.74) is 12.0. The molecule has 0 amide bonds. The Labute approximate surface area is 92.8 Å². The van der Waals surface area contributed by atoms with Crippen LogP contribution in [0.1, 0.15) is 18.0 Å². The third-order valence-electron chi connectivity index (χ3n) is 2.12. The van der Waals surface area contributed by atoms with E-state index in [1.54, 1.807) is 24.3 Å². The average Bonchev–Trinajstić information content (AvgIpc) is 2.18. The lowest BCUT2D eigenvalue weighted by Crippen LogP contribution is -2.33. The van der Waals surface area contributed by atoms with Crippen LogP contribution in [0.25, 0.3) is 0 Å². The predicted octanol–water partition coefficient (Wildman–Crippen LogP) is 1.14. The van der Waals surface area contributed by atoms with Crippen LogP contribution in [-0.2, 0) is 4.79 Å². The second-order valence-electron chi connectivity index (χ2n) is 3.34. The smallest absolute Gasteiger partial charge is 0.320 e. The molecule has 15 heavy (non-hydrogen) atoms. The molecule has 0 heterocycles. The molecule has 0 saturated heterocycles. The average molecular weight is 229 g/mol. The molecule has 2 atom stereocenters. The number of rotatable bonds is 4. The van der Waals surface area contributed by atoms with Crippen LogP contribution in [0.15, 0.2) is 24.3 Å². The lowest BCUT2D eigenvalue weighted by molar-refractivity contribution is -0.138. The number of hydrogen-bond donors (Lipinski definition) is 3. The second-order valence-corrected chi connectivity index (χ2v) is 3.77. The van der Waals surface area contributed by atoms with Gasteiger partial charge in [0.25, 0.3) is 0 Å². The SMILES string of the molecule is N[C@@H](C[C@H](N)c1ccc(Cl)cc1)C(=O)O.